The summed E-state index contributed by atoms with van der Waals surface area (Å²) in [5, 5.41) is 12.5. The summed E-state index contributed by atoms with van der Waals surface area (Å²) in [5.74, 6) is -0.484. The van der Waals surface area contributed by atoms with Crippen LogP contribution in [0.2, 0.25) is 0 Å². The van der Waals surface area contributed by atoms with Crippen molar-refractivity contribution < 1.29 is 19.1 Å². The Hall–Kier alpha value is -3.09. The standard InChI is InChI=1S/C20H20FN3O3/c21-17-3-1-2-4-18(17)24-12-15(10-19(24)26)22-20(27)23-8-7-13-5-6-16(25)9-14(13)11-23/h1-6,9,15,25H,7-8,10-12H2,(H,22,27). The highest BCUT2D eigenvalue weighted by Crippen LogP contribution is 2.26. The van der Waals surface area contributed by atoms with Gasteiger partial charge in [0.2, 0.25) is 5.91 Å². The number of phenolic OH excluding ortho intramolecular Hbond substituents is 1. The number of phenols is 1. The Morgan fingerprint density at radius 1 is 1.19 bits per heavy atom. The third-order valence-electron chi connectivity index (χ3n) is 5.09. The van der Waals surface area contributed by atoms with Crippen LogP contribution in [0.4, 0.5) is 14.9 Å². The number of halogens is 1. The molecule has 2 aliphatic rings. The molecule has 7 heteroatoms. The molecular formula is C20H20FN3O3. The first-order valence-corrected chi connectivity index (χ1v) is 8.92. The number of hydrogen-bond acceptors (Lipinski definition) is 3. The third kappa shape index (κ3) is 3.45. The molecule has 3 amide bonds. The van der Waals surface area contributed by atoms with Crippen molar-refractivity contribution in [3.05, 3.63) is 59.4 Å². The Morgan fingerprint density at radius 3 is 2.81 bits per heavy atom. The van der Waals surface area contributed by atoms with Crippen LogP contribution >= 0.6 is 0 Å². The van der Waals surface area contributed by atoms with Crippen LogP contribution in [0.3, 0.4) is 0 Å². The fraction of sp³-hybridized carbons (Fsp3) is 0.300. The minimum absolute atomic E-state index is 0.144. The number of benzene rings is 2. The molecule has 0 spiro atoms. The maximum atomic E-state index is 14.0. The number of fused-ring (bicyclic) bond motifs is 1. The minimum Gasteiger partial charge on any atom is -0.508 e. The number of nitrogens with one attached hydrogen (secondary N) is 1. The van der Waals surface area contributed by atoms with Gasteiger partial charge in [-0.05, 0) is 41.8 Å². The fourth-order valence-corrected chi connectivity index (χ4v) is 3.69. The van der Waals surface area contributed by atoms with E-state index in [1.54, 1.807) is 35.2 Å². The van der Waals surface area contributed by atoms with Gasteiger partial charge in [0.25, 0.3) is 0 Å². The quantitative estimate of drug-likeness (QED) is 0.854. The van der Waals surface area contributed by atoms with Crippen molar-refractivity contribution >= 4 is 17.6 Å². The van der Waals surface area contributed by atoms with E-state index in [4.69, 9.17) is 0 Å². The van der Waals surface area contributed by atoms with Crippen molar-refractivity contribution in [1.29, 1.82) is 0 Å². The van der Waals surface area contributed by atoms with Crippen molar-refractivity contribution in [2.45, 2.75) is 25.4 Å². The summed E-state index contributed by atoms with van der Waals surface area (Å²) < 4.78 is 14.0. The number of urea groups is 1. The average Bonchev–Trinajstić information content (AvgIpc) is 3.01. The zero-order valence-electron chi connectivity index (χ0n) is 14.7. The topological polar surface area (TPSA) is 72.9 Å². The molecule has 27 heavy (non-hydrogen) atoms. The highest BCUT2D eigenvalue weighted by atomic mass is 19.1. The van der Waals surface area contributed by atoms with E-state index in [9.17, 15) is 19.1 Å². The van der Waals surface area contributed by atoms with Gasteiger partial charge in [0.15, 0.2) is 0 Å². The molecule has 0 bridgehead atoms. The number of carbonyl (C=O) groups excluding carboxylic acids is 2. The molecule has 2 aromatic carbocycles. The summed E-state index contributed by atoms with van der Waals surface area (Å²) >= 11 is 0. The number of para-hydroxylation sites is 1. The smallest absolute Gasteiger partial charge is 0.318 e. The molecule has 0 aromatic heterocycles. The molecule has 1 saturated heterocycles. The van der Waals surface area contributed by atoms with Crippen LogP contribution in [0.15, 0.2) is 42.5 Å². The van der Waals surface area contributed by atoms with Gasteiger partial charge in [0.1, 0.15) is 11.6 Å². The molecule has 1 fully saturated rings. The Morgan fingerprint density at radius 2 is 2.00 bits per heavy atom. The second kappa shape index (κ2) is 6.90. The van der Waals surface area contributed by atoms with E-state index in [-0.39, 0.29) is 42.4 Å². The Kier molecular flexibility index (Phi) is 4.43. The Balaban J connectivity index is 1.41. The highest BCUT2D eigenvalue weighted by Gasteiger charge is 2.34. The summed E-state index contributed by atoms with van der Waals surface area (Å²) in [4.78, 5) is 27.9. The number of anilines is 1. The number of aromatic hydroxyl groups is 1. The minimum atomic E-state index is -0.453. The van der Waals surface area contributed by atoms with Crippen molar-refractivity contribution in [2.24, 2.45) is 0 Å². The molecule has 1 unspecified atom stereocenters. The first kappa shape index (κ1) is 17.3. The van der Waals surface area contributed by atoms with Gasteiger partial charge in [-0.3, -0.25) is 4.79 Å². The Labute approximate surface area is 156 Å². The average molecular weight is 369 g/mol. The lowest BCUT2D eigenvalue weighted by Crippen LogP contribution is -2.47. The largest absolute Gasteiger partial charge is 0.508 e. The van der Waals surface area contributed by atoms with Crippen LogP contribution in [0.25, 0.3) is 0 Å². The highest BCUT2D eigenvalue weighted by molar-refractivity contribution is 5.96. The predicted molar refractivity (Wildman–Crippen MR) is 97.9 cm³/mol. The van der Waals surface area contributed by atoms with E-state index < -0.39 is 5.82 Å². The second-order valence-corrected chi connectivity index (χ2v) is 6.93. The van der Waals surface area contributed by atoms with Gasteiger partial charge in [0, 0.05) is 26.1 Å². The number of amides is 3. The van der Waals surface area contributed by atoms with E-state index in [1.165, 1.54) is 11.0 Å². The van der Waals surface area contributed by atoms with Crippen molar-refractivity contribution in [2.75, 3.05) is 18.0 Å². The normalized spacial score (nSPS) is 19.1. The number of nitrogens with zero attached hydrogens (tertiary/aromatic N) is 2. The number of rotatable bonds is 2. The maximum absolute atomic E-state index is 14.0. The lowest BCUT2D eigenvalue weighted by molar-refractivity contribution is -0.117. The molecule has 4 rings (SSSR count). The maximum Gasteiger partial charge on any atom is 0.318 e. The third-order valence-corrected chi connectivity index (χ3v) is 5.09. The lowest BCUT2D eigenvalue weighted by atomic mass is 10.00. The van der Waals surface area contributed by atoms with Crippen molar-refractivity contribution in [3.63, 3.8) is 0 Å². The monoisotopic (exact) mass is 369 g/mol. The SMILES string of the molecule is O=C(NC1CC(=O)N(c2ccccc2F)C1)N1CCc2ccc(O)cc2C1. The number of carbonyl (C=O) groups is 2. The predicted octanol–water partition coefficient (Wildman–Crippen LogP) is 2.40. The fourth-order valence-electron chi connectivity index (χ4n) is 3.69. The van der Waals surface area contributed by atoms with E-state index >= 15 is 0 Å². The van der Waals surface area contributed by atoms with Gasteiger partial charge in [0.05, 0.1) is 11.7 Å². The summed E-state index contributed by atoms with van der Waals surface area (Å²) in [6.07, 6.45) is 0.860. The molecule has 6 nitrogen and oxygen atoms in total. The molecule has 2 aromatic rings. The van der Waals surface area contributed by atoms with E-state index in [1.807, 2.05) is 6.07 Å². The molecule has 2 heterocycles. The first-order chi connectivity index (χ1) is 13.0. The molecule has 0 saturated carbocycles. The van der Waals surface area contributed by atoms with Crippen LogP contribution in [-0.2, 0) is 17.8 Å². The molecule has 1 atom stereocenters. The molecule has 140 valence electrons. The van der Waals surface area contributed by atoms with E-state index in [2.05, 4.69) is 5.32 Å². The molecule has 0 radical (unpaired) electrons. The zero-order valence-corrected chi connectivity index (χ0v) is 14.7. The van der Waals surface area contributed by atoms with E-state index in [0.717, 1.165) is 11.1 Å². The molecular weight excluding hydrogens is 349 g/mol. The van der Waals surface area contributed by atoms with Crippen LogP contribution in [0, 0.1) is 5.82 Å². The van der Waals surface area contributed by atoms with Gasteiger partial charge >= 0.3 is 6.03 Å². The summed E-state index contributed by atoms with van der Waals surface area (Å²) in [6.45, 7) is 1.23. The van der Waals surface area contributed by atoms with Crippen LogP contribution in [-0.4, -0.2) is 41.1 Å². The van der Waals surface area contributed by atoms with Crippen LogP contribution in [0.5, 0.6) is 5.75 Å². The van der Waals surface area contributed by atoms with Gasteiger partial charge in [-0.25, -0.2) is 9.18 Å². The summed E-state index contributed by atoms with van der Waals surface area (Å²) in [7, 11) is 0. The van der Waals surface area contributed by atoms with E-state index in [0.29, 0.717) is 19.5 Å². The molecule has 2 N–H and O–H groups in total. The molecule has 2 aliphatic heterocycles. The second-order valence-electron chi connectivity index (χ2n) is 6.93. The van der Waals surface area contributed by atoms with Crippen LogP contribution in [0.1, 0.15) is 17.5 Å². The zero-order chi connectivity index (χ0) is 19.0. The molecule has 0 aliphatic carbocycles. The van der Waals surface area contributed by atoms with Gasteiger partial charge < -0.3 is 20.2 Å². The summed E-state index contributed by atoms with van der Waals surface area (Å²) in [6, 6.07) is 10.7. The number of hydrogen-bond donors (Lipinski definition) is 2. The summed E-state index contributed by atoms with van der Waals surface area (Å²) in [5.41, 5.74) is 2.28. The van der Waals surface area contributed by atoms with Crippen molar-refractivity contribution in [3.8, 4) is 5.75 Å². The van der Waals surface area contributed by atoms with Gasteiger partial charge in [-0.2, -0.15) is 0 Å². The lowest BCUT2D eigenvalue weighted by Gasteiger charge is -2.30. The van der Waals surface area contributed by atoms with Gasteiger partial charge in [-0.15, -0.1) is 0 Å². The van der Waals surface area contributed by atoms with Gasteiger partial charge in [-0.1, -0.05) is 18.2 Å². The Bertz CT molecular complexity index is 902. The van der Waals surface area contributed by atoms with Crippen molar-refractivity contribution in [1.82, 2.24) is 10.2 Å². The van der Waals surface area contributed by atoms with Crippen LogP contribution < -0.4 is 10.2 Å². The first-order valence-electron chi connectivity index (χ1n) is 8.92.